The molecule has 0 aliphatic heterocycles. The molecule has 0 unspecified atom stereocenters. The maximum absolute atomic E-state index is 12.2. The number of ether oxygens (including phenoxy) is 2. The van der Waals surface area contributed by atoms with Crippen LogP contribution in [0, 0.1) is 6.92 Å². The second-order valence-electron chi connectivity index (χ2n) is 4.10. The fourth-order valence-corrected chi connectivity index (χ4v) is 2.81. The summed E-state index contributed by atoms with van der Waals surface area (Å²) in [5.74, 6) is 0.283. The number of methoxy groups -OCH3 is 2. The molecule has 0 aromatic heterocycles. The Balaban J connectivity index is 2.97. The van der Waals surface area contributed by atoms with E-state index in [9.17, 15) is 8.42 Å². The van der Waals surface area contributed by atoms with Gasteiger partial charge in [-0.2, -0.15) is 0 Å². The van der Waals surface area contributed by atoms with Crippen LogP contribution in [0.25, 0.3) is 0 Å². The first-order chi connectivity index (χ1) is 8.92. The molecule has 7 heteroatoms. The average Bonchev–Trinajstić information content (AvgIpc) is 2.37. The van der Waals surface area contributed by atoms with Crippen LogP contribution in [0.4, 0.5) is 5.69 Å². The van der Waals surface area contributed by atoms with Crippen molar-refractivity contribution in [2.75, 3.05) is 33.1 Å². The minimum atomic E-state index is -3.63. The van der Waals surface area contributed by atoms with E-state index < -0.39 is 10.0 Å². The van der Waals surface area contributed by atoms with Gasteiger partial charge < -0.3 is 15.2 Å². The summed E-state index contributed by atoms with van der Waals surface area (Å²) in [6, 6.07) is 3.02. The van der Waals surface area contributed by atoms with Crippen molar-refractivity contribution in [3.8, 4) is 5.75 Å². The Kier molecular flexibility index (Phi) is 5.59. The van der Waals surface area contributed by atoms with Crippen molar-refractivity contribution in [3.63, 3.8) is 0 Å². The van der Waals surface area contributed by atoms with Gasteiger partial charge >= 0.3 is 0 Å². The molecular formula is C12H20N2O4S. The third-order valence-corrected chi connectivity index (χ3v) is 4.14. The van der Waals surface area contributed by atoms with E-state index in [1.807, 2.05) is 0 Å². The van der Waals surface area contributed by atoms with Gasteiger partial charge in [-0.05, 0) is 31.0 Å². The van der Waals surface area contributed by atoms with E-state index in [1.54, 1.807) is 20.1 Å². The smallest absolute Gasteiger partial charge is 0.244 e. The molecule has 0 fully saturated rings. The van der Waals surface area contributed by atoms with Crippen LogP contribution in [-0.2, 0) is 14.8 Å². The summed E-state index contributed by atoms with van der Waals surface area (Å²) in [5, 5.41) is 0. The number of benzene rings is 1. The number of aryl methyl sites for hydroxylation is 1. The van der Waals surface area contributed by atoms with Crippen molar-refractivity contribution in [2.45, 2.75) is 18.2 Å². The number of hydrogen-bond acceptors (Lipinski definition) is 5. The number of anilines is 1. The standard InChI is InChI=1S/C12H20N2O4S/c1-9-7-11(18-3)12(8-10(9)13)19(15,16)14-5-4-6-17-2/h7-8,14H,4-6,13H2,1-3H3. The SMILES string of the molecule is COCCCNS(=O)(=O)c1cc(N)c(C)cc1OC. The molecule has 0 aliphatic rings. The van der Waals surface area contributed by atoms with Gasteiger partial charge in [-0.15, -0.1) is 0 Å². The fourth-order valence-electron chi connectivity index (χ4n) is 1.55. The Morgan fingerprint density at radius 3 is 2.58 bits per heavy atom. The van der Waals surface area contributed by atoms with Crippen molar-refractivity contribution in [3.05, 3.63) is 17.7 Å². The van der Waals surface area contributed by atoms with Crippen LogP contribution in [0.1, 0.15) is 12.0 Å². The predicted octanol–water partition coefficient (Wildman–Crippen LogP) is 0.901. The molecule has 0 amide bonds. The van der Waals surface area contributed by atoms with Crippen LogP contribution in [0.5, 0.6) is 5.75 Å². The maximum Gasteiger partial charge on any atom is 0.244 e. The largest absolute Gasteiger partial charge is 0.495 e. The number of rotatable bonds is 7. The van der Waals surface area contributed by atoms with Crippen molar-refractivity contribution in [1.29, 1.82) is 0 Å². The molecule has 3 N–H and O–H groups in total. The zero-order chi connectivity index (χ0) is 14.5. The van der Waals surface area contributed by atoms with Gasteiger partial charge in [-0.1, -0.05) is 0 Å². The molecule has 0 aliphatic carbocycles. The lowest BCUT2D eigenvalue weighted by Gasteiger charge is -2.13. The maximum atomic E-state index is 12.2. The monoisotopic (exact) mass is 288 g/mol. The summed E-state index contributed by atoms with van der Waals surface area (Å²) in [5.41, 5.74) is 6.94. The zero-order valence-electron chi connectivity index (χ0n) is 11.4. The Labute approximate surface area is 113 Å². The highest BCUT2D eigenvalue weighted by Crippen LogP contribution is 2.28. The van der Waals surface area contributed by atoms with Crippen molar-refractivity contribution in [1.82, 2.24) is 4.72 Å². The van der Waals surface area contributed by atoms with E-state index in [-0.39, 0.29) is 10.6 Å². The molecule has 0 radical (unpaired) electrons. The second kappa shape index (κ2) is 6.74. The van der Waals surface area contributed by atoms with Crippen molar-refractivity contribution in [2.24, 2.45) is 0 Å². The van der Waals surface area contributed by atoms with E-state index >= 15 is 0 Å². The molecule has 0 spiro atoms. The van der Waals surface area contributed by atoms with Gasteiger partial charge in [0.15, 0.2) is 0 Å². The molecule has 19 heavy (non-hydrogen) atoms. The minimum absolute atomic E-state index is 0.0514. The number of sulfonamides is 1. The van der Waals surface area contributed by atoms with E-state index in [4.69, 9.17) is 15.2 Å². The van der Waals surface area contributed by atoms with E-state index in [0.717, 1.165) is 5.56 Å². The molecule has 108 valence electrons. The van der Waals surface area contributed by atoms with Gasteiger partial charge in [0.25, 0.3) is 0 Å². The Bertz CT molecular complexity index is 529. The van der Waals surface area contributed by atoms with Crippen LogP contribution in [0.2, 0.25) is 0 Å². The van der Waals surface area contributed by atoms with Crippen LogP contribution in [0.15, 0.2) is 17.0 Å². The molecular weight excluding hydrogens is 268 g/mol. The molecule has 1 rings (SSSR count). The lowest BCUT2D eigenvalue weighted by atomic mass is 10.2. The molecule has 6 nitrogen and oxygen atoms in total. The number of nitrogens with one attached hydrogen (secondary N) is 1. The highest BCUT2D eigenvalue weighted by molar-refractivity contribution is 7.89. The summed E-state index contributed by atoms with van der Waals surface area (Å²) in [6.45, 7) is 2.59. The predicted molar refractivity (Wildman–Crippen MR) is 73.8 cm³/mol. The van der Waals surface area contributed by atoms with Crippen LogP contribution >= 0.6 is 0 Å². The first-order valence-corrected chi connectivity index (χ1v) is 7.33. The quantitative estimate of drug-likeness (QED) is 0.574. The minimum Gasteiger partial charge on any atom is -0.495 e. The topological polar surface area (TPSA) is 90.7 Å². The second-order valence-corrected chi connectivity index (χ2v) is 5.84. The third-order valence-electron chi connectivity index (χ3n) is 2.66. The highest BCUT2D eigenvalue weighted by atomic mass is 32.2. The molecule has 0 saturated carbocycles. The Hall–Kier alpha value is -1.31. The first-order valence-electron chi connectivity index (χ1n) is 5.85. The molecule has 0 heterocycles. The number of nitrogens with two attached hydrogens (primary N) is 1. The molecule has 0 bridgehead atoms. The number of hydrogen-bond donors (Lipinski definition) is 2. The zero-order valence-corrected chi connectivity index (χ0v) is 12.2. The summed E-state index contributed by atoms with van der Waals surface area (Å²) < 4.78 is 36.7. The van der Waals surface area contributed by atoms with Crippen LogP contribution in [-0.4, -0.2) is 35.8 Å². The van der Waals surface area contributed by atoms with Gasteiger partial charge in [-0.25, -0.2) is 13.1 Å². The van der Waals surface area contributed by atoms with Crippen molar-refractivity contribution >= 4 is 15.7 Å². The molecule has 1 aromatic rings. The average molecular weight is 288 g/mol. The van der Waals surface area contributed by atoms with Crippen LogP contribution in [0.3, 0.4) is 0 Å². The summed E-state index contributed by atoms with van der Waals surface area (Å²) in [6.07, 6.45) is 0.597. The summed E-state index contributed by atoms with van der Waals surface area (Å²) >= 11 is 0. The lowest BCUT2D eigenvalue weighted by Crippen LogP contribution is -2.26. The van der Waals surface area contributed by atoms with Gasteiger partial charge in [0.2, 0.25) is 10.0 Å². The van der Waals surface area contributed by atoms with Crippen LogP contribution < -0.4 is 15.2 Å². The third kappa shape index (κ3) is 4.09. The van der Waals surface area contributed by atoms with Gasteiger partial charge in [-0.3, -0.25) is 0 Å². The molecule has 1 aromatic carbocycles. The molecule has 0 saturated heterocycles. The normalized spacial score (nSPS) is 11.5. The summed E-state index contributed by atoms with van der Waals surface area (Å²) in [4.78, 5) is 0.0514. The summed E-state index contributed by atoms with van der Waals surface area (Å²) in [7, 11) is -0.640. The van der Waals surface area contributed by atoms with E-state index in [1.165, 1.54) is 13.2 Å². The van der Waals surface area contributed by atoms with Crippen molar-refractivity contribution < 1.29 is 17.9 Å². The number of nitrogen functional groups attached to an aromatic ring is 1. The van der Waals surface area contributed by atoms with Gasteiger partial charge in [0.1, 0.15) is 10.6 Å². The lowest BCUT2D eigenvalue weighted by molar-refractivity contribution is 0.196. The first kappa shape index (κ1) is 15.7. The molecule has 0 atom stereocenters. The Morgan fingerprint density at radius 2 is 2.00 bits per heavy atom. The highest BCUT2D eigenvalue weighted by Gasteiger charge is 2.20. The van der Waals surface area contributed by atoms with Gasteiger partial charge in [0.05, 0.1) is 7.11 Å². The van der Waals surface area contributed by atoms with Gasteiger partial charge in [0, 0.05) is 25.9 Å². The van der Waals surface area contributed by atoms with E-state index in [0.29, 0.717) is 25.3 Å². The Morgan fingerprint density at radius 1 is 1.32 bits per heavy atom. The van der Waals surface area contributed by atoms with E-state index in [2.05, 4.69) is 4.72 Å². The fraction of sp³-hybridized carbons (Fsp3) is 0.500.